The van der Waals surface area contributed by atoms with Gasteiger partial charge in [-0.1, -0.05) is 30.3 Å². The van der Waals surface area contributed by atoms with Crippen molar-refractivity contribution in [3.63, 3.8) is 0 Å². The minimum atomic E-state index is 0.0255. The number of nitrogens with two attached hydrogens (primary N) is 1. The van der Waals surface area contributed by atoms with E-state index in [9.17, 15) is 5.11 Å². The van der Waals surface area contributed by atoms with Crippen LogP contribution in [0.3, 0.4) is 0 Å². The summed E-state index contributed by atoms with van der Waals surface area (Å²) in [5.41, 5.74) is 10.8. The van der Waals surface area contributed by atoms with Crippen LogP contribution in [0.4, 0.5) is 23.0 Å². The van der Waals surface area contributed by atoms with Crippen LogP contribution in [0.1, 0.15) is 0 Å². The second-order valence-corrected chi connectivity index (χ2v) is 7.16. The Kier molecular flexibility index (Phi) is 6.18. The zero-order valence-electron chi connectivity index (χ0n) is 17.9. The van der Waals surface area contributed by atoms with E-state index in [0.29, 0.717) is 41.1 Å². The lowest BCUT2D eigenvalue weighted by Crippen LogP contribution is -2.22. The molecule has 2 aromatic carbocycles. The molecule has 0 radical (unpaired) electrons. The Balaban J connectivity index is 1.60. The number of H-pyrrole nitrogens is 1. The van der Waals surface area contributed by atoms with Crippen LogP contribution in [0.25, 0.3) is 22.8 Å². The van der Waals surface area contributed by atoms with Crippen LogP contribution in [-0.2, 0) is 0 Å². The number of benzene rings is 2. The molecule has 0 aliphatic heterocycles. The molecule has 0 fully saturated rings. The van der Waals surface area contributed by atoms with Gasteiger partial charge < -0.3 is 30.8 Å². The van der Waals surface area contributed by atoms with Crippen LogP contribution >= 0.6 is 0 Å². The summed E-state index contributed by atoms with van der Waals surface area (Å²) in [4.78, 5) is 18.5. The van der Waals surface area contributed by atoms with Crippen LogP contribution in [0.5, 0.6) is 5.75 Å². The number of hydrogen-bond donors (Lipinski definition) is 4. The standard InChI is InChI=1S/C23H25N7O2/c1-30(10-11-31)20-13-21(32-2)18(12-16(20)24)29-23-25-9-8-17(28-23)22-26-14-19(27-22)15-6-4-3-5-7-15/h3-9,12-14,31H,10-11,24H2,1-2H3,(H,26,27)(H,25,28,29). The van der Waals surface area contributed by atoms with Crippen molar-refractivity contribution in [2.45, 2.75) is 0 Å². The highest BCUT2D eigenvalue weighted by Gasteiger charge is 2.14. The fourth-order valence-corrected chi connectivity index (χ4v) is 3.34. The number of imidazole rings is 1. The van der Waals surface area contributed by atoms with Crippen LogP contribution in [0.2, 0.25) is 0 Å². The molecule has 164 valence electrons. The van der Waals surface area contributed by atoms with Crippen molar-refractivity contribution >= 4 is 23.0 Å². The van der Waals surface area contributed by atoms with Gasteiger partial charge in [0.2, 0.25) is 5.95 Å². The Morgan fingerprint density at radius 3 is 2.72 bits per heavy atom. The average Bonchev–Trinajstić information content (AvgIpc) is 3.31. The lowest BCUT2D eigenvalue weighted by Gasteiger charge is -2.22. The number of nitrogens with one attached hydrogen (secondary N) is 2. The van der Waals surface area contributed by atoms with Crippen molar-refractivity contribution in [3.8, 4) is 28.5 Å². The second-order valence-electron chi connectivity index (χ2n) is 7.16. The first-order valence-corrected chi connectivity index (χ1v) is 10.1. The van der Waals surface area contributed by atoms with Gasteiger partial charge in [0.1, 0.15) is 11.4 Å². The number of rotatable bonds is 8. The van der Waals surface area contributed by atoms with E-state index in [-0.39, 0.29) is 6.61 Å². The van der Waals surface area contributed by atoms with Gasteiger partial charge in [-0.15, -0.1) is 0 Å². The molecule has 0 bridgehead atoms. The van der Waals surface area contributed by atoms with E-state index in [1.807, 2.05) is 48.3 Å². The molecule has 0 unspecified atom stereocenters. The third kappa shape index (κ3) is 4.47. The Morgan fingerprint density at radius 2 is 1.97 bits per heavy atom. The molecule has 0 saturated carbocycles. The summed E-state index contributed by atoms with van der Waals surface area (Å²) in [5, 5.41) is 12.4. The van der Waals surface area contributed by atoms with Gasteiger partial charge in [0, 0.05) is 25.9 Å². The number of likely N-dealkylation sites (N-methyl/N-ethyl adjacent to an activating group) is 1. The van der Waals surface area contributed by atoms with Gasteiger partial charge in [-0.2, -0.15) is 0 Å². The Bertz CT molecular complexity index is 1190. The number of methoxy groups -OCH3 is 1. The van der Waals surface area contributed by atoms with Gasteiger partial charge in [-0.05, 0) is 17.7 Å². The largest absolute Gasteiger partial charge is 0.494 e. The van der Waals surface area contributed by atoms with Crippen molar-refractivity contribution < 1.29 is 9.84 Å². The first-order valence-electron chi connectivity index (χ1n) is 10.1. The maximum absolute atomic E-state index is 9.20. The molecule has 5 N–H and O–H groups in total. The molecule has 0 spiro atoms. The molecule has 4 rings (SSSR count). The molecule has 32 heavy (non-hydrogen) atoms. The molecule has 9 heteroatoms. The first-order chi connectivity index (χ1) is 15.6. The molecule has 0 atom stereocenters. The summed E-state index contributed by atoms with van der Waals surface area (Å²) >= 11 is 0. The number of aliphatic hydroxyl groups excluding tert-OH is 1. The molecule has 0 saturated heterocycles. The second kappa shape index (κ2) is 9.36. The maximum Gasteiger partial charge on any atom is 0.227 e. The molecule has 0 aliphatic carbocycles. The molecule has 4 aromatic rings. The van der Waals surface area contributed by atoms with E-state index in [1.165, 1.54) is 0 Å². The number of anilines is 4. The molecule has 9 nitrogen and oxygen atoms in total. The number of aromatic amines is 1. The normalized spacial score (nSPS) is 10.7. The van der Waals surface area contributed by atoms with Crippen molar-refractivity contribution in [1.82, 2.24) is 19.9 Å². The van der Waals surface area contributed by atoms with E-state index >= 15 is 0 Å². The Morgan fingerprint density at radius 1 is 1.16 bits per heavy atom. The lowest BCUT2D eigenvalue weighted by atomic mass is 10.2. The minimum absolute atomic E-state index is 0.0255. The number of nitrogen functional groups attached to an aromatic ring is 1. The van der Waals surface area contributed by atoms with Crippen LogP contribution in [-0.4, -0.2) is 52.4 Å². The van der Waals surface area contributed by atoms with Gasteiger partial charge in [0.25, 0.3) is 0 Å². The quantitative estimate of drug-likeness (QED) is 0.313. The summed E-state index contributed by atoms with van der Waals surface area (Å²) in [6.45, 7) is 0.483. The van der Waals surface area contributed by atoms with Crippen molar-refractivity contribution in [1.29, 1.82) is 0 Å². The van der Waals surface area contributed by atoms with Crippen LogP contribution in [0.15, 0.2) is 60.9 Å². The molecular weight excluding hydrogens is 406 g/mol. The van der Waals surface area contributed by atoms with E-state index < -0.39 is 0 Å². The van der Waals surface area contributed by atoms with Gasteiger partial charge in [-0.3, -0.25) is 0 Å². The predicted octanol–water partition coefficient (Wildman–Crippen LogP) is 3.30. The number of hydrogen-bond acceptors (Lipinski definition) is 8. The number of ether oxygens (including phenoxy) is 1. The maximum atomic E-state index is 9.20. The zero-order chi connectivity index (χ0) is 22.5. The number of aromatic nitrogens is 4. The average molecular weight is 432 g/mol. The van der Waals surface area contributed by atoms with E-state index in [4.69, 9.17) is 10.5 Å². The van der Waals surface area contributed by atoms with Gasteiger partial charge in [0.15, 0.2) is 5.82 Å². The zero-order valence-corrected chi connectivity index (χ0v) is 17.9. The smallest absolute Gasteiger partial charge is 0.227 e. The van der Waals surface area contributed by atoms with E-state index in [1.54, 1.807) is 31.6 Å². The van der Waals surface area contributed by atoms with E-state index in [2.05, 4.69) is 25.3 Å². The van der Waals surface area contributed by atoms with Crippen LogP contribution in [0, 0.1) is 0 Å². The van der Waals surface area contributed by atoms with Gasteiger partial charge in [0.05, 0.1) is 42.7 Å². The molecule has 0 amide bonds. The molecule has 0 aliphatic rings. The summed E-state index contributed by atoms with van der Waals surface area (Å²) in [6, 6.07) is 15.3. The Hall–Kier alpha value is -4.11. The summed E-state index contributed by atoms with van der Waals surface area (Å²) < 4.78 is 5.53. The fourth-order valence-electron chi connectivity index (χ4n) is 3.34. The van der Waals surface area contributed by atoms with Crippen LogP contribution < -0.4 is 20.7 Å². The highest BCUT2D eigenvalue weighted by Crippen LogP contribution is 2.36. The molecule has 2 aromatic heterocycles. The number of aliphatic hydroxyl groups is 1. The van der Waals surface area contributed by atoms with Crippen molar-refractivity contribution in [3.05, 3.63) is 60.9 Å². The third-order valence-electron chi connectivity index (χ3n) is 5.00. The number of nitrogens with zero attached hydrogens (tertiary/aromatic N) is 4. The lowest BCUT2D eigenvalue weighted by molar-refractivity contribution is 0.304. The monoisotopic (exact) mass is 431 g/mol. The Labute approximate surface area is 185 Å². The highest BCUT2D eigenvalue weighted by atomic mass is 16.5. The summed E-state index contributed by atoms with van der Waals surface area (Å²) in [7, 11) is 3.44. The topological polar surface area (TPSA) is 125 Å². The molecular formula is C23H25N7O2. The highest BCUT2D eigenvalue weighted by molar-refractivity contribution is 5.79. The van der Waals surface area contributed by atoms with Gasteiger partial charge >= 0.3 is 0 Å². The summed E-state index contributed by atoms with van der Waals surface area (Å²) in [6.07, 6.45) is 3.44. The minimum Gasteiger partial charge on any atom is -0.494 e. The van der Waals surface area contributed by atoms with Gasteiger partial charge in [-0.25, -0.2) is 15.0 Å². The SMILES string of the molecule is COc1cc(N(C)CCO)c(N)cc1Nc1nccc(-c2ncc(-c3ccccc3)[nH]2)n1. The summed E-state index contributed by atoms with van der Waals surface area (Å²) in [5.74, 6) is 1.61. The predicted molar refractivity (Wildman–Crippen MR) is 126 cm³/mol. The first kappa shape index (κ1) is 21.1. The fraction of sp³-hybridized carbons (Fsp3) is 0.174. The molecule has 2 heterocycles. The third-order valence-corrected chi connectivity index (χ3v) is 5.00. The van der Waals surface area contributed by atoms with Crippen molar-refractivity contribution in [2.75, 3.05) is 43.3 Å². The van der Waals surface area contributed by atoms with E-state index in [0.717, 1.165) is 16.9 Å². The van der Waals surface area contributed by atoms with Crippen molar-refractivity contribution in [2.24, 2.45) is 0 Å².